The first-order valence-corrected chi connectivity index (χ1v) is 13.3. The van der Waals surface area contributed by atoms with Crippen LogP contribution in [0.5, 0.6) is 0 Å². The fourth-order valence-corrected chi connectivity index (χ4v) is 5.74. The maximum Gasteiger partial charge on any atom is 0.270 e. The second kappa shape index (κ2) is 9.79. The largest absolute Gasteiger partial charge is 0.270 e. The molecule has 0 amide bonds. The fraction of sp³-hybridized carbons (Fsp3) is 0.0571. The number of nitrogens with zero attached hydrogens (tertiary/aromatic N) is 3. The number of non-ortho nitro benzene ring substituents is 1. The van der Waals surface area contributed by atoms with Gasteiger partial charge in [0.2, 0.25) is 0 Å². The van der Waals surface area contributed by atoms with Crippen LogP contribution in [-0.4, -0.2) is 10.6 Å². The number of hydrogen-bond acceptors (Lipinski definition) is 4. The summed E-state index contributed by atoms with van der Waals surface area (Å²) in [6.45, 7) is 0. The Balaban J connectivity index is 1.26. The second-order valence-corrected chi connectivity index (χ2v) is 10.1. The number of hydrazone groups is 1. The van der Waals surface area contributed by atoms with Gasteiger partial charge in [0.15, 0.2) is 0 Å². The minimum Gasteiger partial charge on any atom is -0.258 e. The number of benzene rings is 5. The van der Waals surface area contributed by atoms with Crippen molar-refractivity contribution in [3.63, 3.8) is 0 Å². The topological polar surface area (TPSA) is 58.7 Å². The molecule has 0 bridgehead atoms. The Morgan fingerprint density at radius 1 is 0.725 bits per heavy atom. The zero-order valence-electron chi connectivity index (χ0n) is 21.6. The molecule has 0 saturated carbocycles. The quantitative estimate of drug-likeness (QED) is 0.169. The number of anilines is 1. The average molecular weight is 520 g/mol. The molecule has 0 spiro atoms. The molecule has 5 nitrogen and oxygen atoms in total. The van der Waals surface area contributed by atoms with Crippen molar-refractivity contribution >= 4 is 28.7 Å². The smallest absolute Gasteiger partial charge is 0.258 e. The summed E-state index contributed by atoms with van der Waals surface area (Å²) in [5, 5.41) is 18.7. The molecule has 0 fully saturated rings. The minimum absolute atomic E-state index is 0.0980. The monoisotopic (exact) mass is 519 g/mol. The molecule has 0 unspecified atom stereocenters. The highest BCUT2D eigenvalue weighted by Gasteiger charge is 2.30. The molecule has 1 aliphatic carbocycles. The van der Waals surface area contributed by atoms with E-state index in [1.54, 1.807) is 12.1 Å². The standard InChI is InChI=1S/C35H25N3O2/c39-38(40)28-19-20-31-29-13-7-8-14-30(29)32(33(31)22-28)21-24-15-17-27(18-16-24)37-35(26-11-5-2-6-12-26)23-34(36-37)25-9-3-1-4-10-25/h1-22,35H,23H2/t35-/m1/s1. The Morgan fingerprint density at radius 3 is 2.10 bits per heavy atom. The van der Waals surface area contributed by atoms with Gasteiger partial charge in [-0.2, -0.15) is 5.10 Å². The Bertz CT molecular complexity index is 1790. The van der Waals surface area contributed by atoms with Gasteiger partial charge in [-0.15, -0.1) is 0 Å². The summed E-state index contributed by atoms with van der Waals surface area (Å²) in [6, 6.07) is 42.7. The third-order valence-corrected chi connectivity index (χ3v) is 7.68. The molecule has 7 rings (SSSR count). The van der Waals surface area contributed by atoms with Crippen molar-refractivity contribution in [1.82, 2.24) is 0 Å². The first-order valence-electron chi connectivity index (χ1n) is 13.3. The van der Waals surface area contributed by atoms with Crippen LogP contribution >= 0.6 is 0 Å². The number of rotatable bonds is 5. The van der Waals surface area contributed by atoms with Crippen LogP contribution in [-0.2, 0) is 0 Å². The van der Waals surface area contributed by atoms with E-state index in [4.69, 9.17) is 5.10 Å². The molecule has 1 heterocycles. The predicted octanol–water partition coefficient (Wildman–Crippen LogP) is 8.52. The number of fused-ring (bicyclic) bond motifs is 3. The molecule has 0 radical (unpaired) electrons. The van der Waals surface area contributed by atoms with Gasteiger partial charge < -0.3 is 0 Å². The molecule has 0 aromatic heterocycles. The van der Waals surface area contributed by atoms with E-state index < -0.39 is 0 Å². The Morgan fingerprint density at radius 2 is 1.38 bits per heavy atom. The maximum absolute atomic E-state index is 11.5. The average Bonchev–Trinajstić information content (AvgIpc) is 3.59. The van der Waals surface area contributed by atoms with E-state index in [2.05, 4.69) is 83.9 Å². The van der Waals surface area contributed by atoms with Gasteiger partial charge in [0.25, 0.3) is 5.69 Å². The van der Waals surface area contributed by atoms with Crippen LogP contribution in [0.15, 0.2) is 132 Å². The van der Waals surface area contributed by atoms with E-state index in [1.165, 1.54) is 5.56 Å². The summed E-state index contributed by atoms with van der Waals surface area (Å²) in [5.41, 5.74) is 10.7. The Kier molecular flexibility index (Phi) is 5.82. The van der Waals surface area contributed by atoms with Crippen LogP contribution in [0, 0.1) is 10.1 Å². The molecule has 0 N–H and O–H groups in total. The number of hydrogen-bond donors (Lipinski definition) is 0. The van der Waals surface area contributed by atoms with Crippen molar-refractivity contribution in [2.75, 3.05) is 5.01 Å². The molecule has 1 aliphatic heterocycles. The zero-order valence-corrected chi connectivity index (χ0v) is 21.6. The van der Waals surface area contributed by atoms with Gasteiger partial charge in [-0.05, 0) is 68.8 Å². The highest BCUT2D eigenvalue weighted by atomic mass is 16.6. The Hall–Kier alpha value is -5.29. The van der Waals surface area contributed by atoms with Crippen LogP contribution in [0.25, 0.3) is 22.8 Å². The first-order chi connectivity index (χ1) is 19.7. The van der Waals surface area contributed by atoms with Gasteiger partial charge in [0.1, 0.15) is 0 Å². The van der Waals surface area contributed by atoms with Crippen molar-refractivity contribution in [1.29, 1.82) is 0 Å². The van der Waals surface area contributed by atoms with Crippen LogP contribution < -0.4 is 5.01 Å². The number of nitro groups is 1. The van der Waals surface area contributed by atoms with Gasteiger partial charge >= 0.3 is 0 Å². The van der Waals surface area contributed by atoms with Crippen LogP contribution in [0.4, 0.5) is 11.4 Å². The molecule has 5 heteroatoms. The maximum atomic E-state index is 11.5. The summed E-state index contributed by atoms with van der Waals surface area (Å²) < 4.78 is 0. The third-order valence-electron chi connectivity index (χ3n) is 7.68. The van der Waals surface area contributed by atoms with Gasteiger partial charge in [-0.3, -0.25) is 15.1 Å². The normalized spacial score (nSPS) is 16.5. The van der Waals surface area contributed by atoms with Crippen LogP contribution in [0.2, 0.25) is 0 Å². The molecule has 5 aromatic rings. The van der Waals surface area contributed by atoms with Crippen LogP contribution in [0.3, 0.4) is 0 Å². The minimum atomic E-state index is -0.334. The summed E-state index contributed by atoms with van der Waals surface area (Å²) in [4.78, 5) is 11.2. The fourth-order valence-electron chi connectivity index (χ4n) is 5.74. The molecular weight excluding hydrogens is 494 g/mol. The summed E-state index contributed by atoms with van der Waals surface area (Å²) in [6.07, 6.45) is 2.95. The van der Waals surface area contributed by atoms with E-state index in [-0.39, 0.29) is 16.7 Å². The lowest BCUT2D eigenvalue weighted by molar-refractivity contribution is -0.384. The highest BCUT2D eigenvalue weighted by molar-refractivity contribution is 6.07. The number of nitro benzene ring substituents is 1. The summed E-state index contributed by atoms with van der Waals surface area (Å²) in [5.74, 6) is 0. The van der Waals surface area contributed by atoms with E-state index in [0.717, 1.165) is 56.8 Å². The lowest BCUT2D eigenvalue weighted by Gasteiger charge is -2.24. The van der Waals surface area contributed by atoms with E-state index in [9.17, 15) is 10.1 Å². The van der Waals surface area contributed by atoms with Crippen molar-refractivity contribution in [3.05, 3.63) is 165 Å². The Labute approximate surface area is 232 Å². The summed E-state index contributed by atoms with van der Waals surface area (Å²) >= 11 is 0. The molecular formula is C35H25N3O2. The first kappa shape index (κ1) is 23.8. The predicted molar refractivity (Wildman–Crippen MR) is 161 cm³/mol. The van der Waals surface area contributed by atoms with Gasteiger partial charge in [-0.1, -0.05) is 97.1 Å². The molecule has 2 aliphatic rings. The molecule has 192 valence electrons. The van der Waals surface area contributed by atoms with Gasteiger partial charge in [-0.25, -0.2) is 0 Å². The molecule has 40 heavy (non-hydrogen) atoms. The third kappa shape index (κ3) is 4.18. The molecule has 1 atom stereocenters. The van der Waals surface area contributed by atoms with Crippen molar-refractivity contribution in [2.24, 2.45) is 5.10 Å². The van der Waals surface area contributed by atoms with Gasteiger partial charge in [0.05, 0.1) is 22.4 Å². The molecule has 0 saturated heterocycles. The zero-order chi connectivity index (χ0) is 27.1. The van der Waals surface area contributed by atoms with E-state index >= 15 is 0 Å². The van der Waals surface area contributed by atoms with Crippen molar-refractivity contribution in [3.8, 4) is 11.1 Å². The second-order valence-electron chi connectivity index (χ2n) is 10.1. The van der Waals surface area contributed by atoms with E-state index in [0.29, 0.717) is 0 Å². The van der Waals surface area contributed by atoms with E-state index in [1.807, 2.05) is 42.5 Å². The highest BCUT2D eigenvalue weighted by Crippen LogP contribution is 2.46. The van der Waals surface area contributed by atoms with Crippen molar-refractivity contribution < 1.29 is 4.92 Å². The molecule has 5 aromatic carbocycles. The van der Waals surface area contributed by atoms with Gasteiger partial charge in [0, 0.05) is 18.6 Å². The lowest BCUT2D eigenvalue weighted by Crippen LogP contribution is -2.18. The summed E-state index contributed by atoms with van der Waals surface area (Å²) in [7, 11) is 0. The lowest BCUT2D eigenvalue weighted by atomic mass is 9.98. The van der Waals surface area contributed by atoms with Crippen molar-refractivity contribution in [2.45, 2.75) is 12.5 Å². The SMILES string of the molecule is O=[N+]([O-])c1ccc2c(c1)C(=Cc1ccc(N3N=C(c4ccccc4)C[C@@H]3c3ccccc3)cc1)c1ccccc1-2. The van der Waals surface area contributed by atoms with Crippen LogP contribution in [0.1, 0.15) is 40.3 Å².